The van der Waals surface area contributed by atoms with Crippen LogP contribution in [-0.2, 0) is 14.8 Å². The molecule has 0 radical (unpaired) electrons. The lowest BCUT2D eigenvalue weighted by Crippen LogP contribution is -2.50. The Hall–Kier alpha value is -2.30. The zero-order valence-electron chi connectivity index (χ0n) is 13.6. The molecule has 8 nitrogen and oxygen atoms in total. The quantitative estimate of drug-likeness (QED) is 0.681. The molecule has 26 heavy (non-hydrogen) atoms. The number of hydrogen-bond donors (Lipinski definition) is 2. The third-order valence-electron chi connectivity index (χ3n) is 3.54. The molecule has 1 aliphatic rings. The zero-order chi connectivity index (χ0) is 18.7. The Morgan fingerprint density at radius 1 is 1.23 bits per heavy atom. The molecule has 3 rings (SSSR count). The van der Waals surface area contributed by atoms with Crippen LogP contribution in [0.25, 0.3) is 0 Å². The van der Waals surface area contributed by atoms with Crippen LogP contribution in [0.5, 0.6) is 17.2 Å². The minimum absolute atomic E-state index is 0.0291. The number of methoxy groups -OCH3 is 1. The maximum Gasteiger partial charge on any atom is 0.279 e. The zero-order valence-corrected chi connectivity index (χ0v) is 16.0. The first-order chi connectivity index (χ1) is 12.4. The minimum atomic E-state index is -3.97. The number of benzene rings is 2. The van der Waals surface area contributed by atoms with E-state index in [1.165, 1.54) is 25.3 Å². The van der Waals surface area contributed by atoms with Crippen LogP contribution in [-0.4, -0.2) is 34.1 Å². The Bertz CT molecular complexity index is 934. The van der Waals surface area contributed by atoms with E-state index < -0.39 is 22.0 Å². The number of carbonyl (C=O) groups is 1. The number of nitrogens with one attached hydrogen (secondary N) is 2. The van der Waals surface area contributed by atoms with Crippen LogP contribution < -0.4 is 24.5 Å². The van der Waals surface area contributed by atoms with Crippen LogP contribution in [0.3, 0.4) is 0 Å². The number of rotatable bonds is 5. The van der Waals surface area contributed by atoms with Crippen molar-refractivity contribution in [2.75, 3.05) is 13.7 Å². The average molecular weight is 443 g/mol. The van der Waals surface area contributed by atoms with Crippen LogP contribution in [0.4, 0.5) is 0 Å². The summed E-state index contributed by atoms with van der Waals surface area (Å²) in [5.41, 5.74) is 2.14. The second-order valence-corrected chi connectivity index (χ2v) is 7.79. The van der Waals surface area contributed by atoms with Gasteiger partial charge < -0.3 is 14.2 Å². The van der Waals surface area contributed by atoms with Gasteiger partial charge in [0.05, 0.1) is 16.5 Å². The van der Waals surface area contributed by atoms with Crippen molar-refractivity contribution in [1.82, 2.24) is 10.3 Å². The first-order valence-electron chi connectivity index (χ1n) is 7.44. The largest absolute Gasteiger partial charge is 0.496 e. The van der Waals surface area contributed by atoms with Crippen LogP contribution in [0.2, 0.25) is 0 Å². The van der Waals surface area contributed by atoms with Gasteiger partial charge in [0.25, 0.3) is 15.9 Å². The molecule has 2 aromatic carbocycles. The fourth-order valence-corrected chi connectivity index (χ4v) is 3.79. The van der Waals surface area contributed by atoms with E-state index in [-0.39, 0.29) is 11.5 Å². The highest BCUT2D eigenvalue weighted by atomic mass is 79.9. The van der Waals surface area contributed by atoms with E-state index in [9.17, 15) is 13.2 Å². The maximum atomic E-state index is 12.3. The summed E-state index contributed by atoms with van der Waals surface area (Å²) in [4.78, 5) is 14.2. The number of amides is 1. The van der Waals surface area contributed by atoms with Gasteiger partial charge in [-0.3, -0.25) is 10.2 Å². The van der Waals surface area contributed by atoms with E-state index >= 15 is 0 Å². The number of ether oxygens (including phenoxy) is 3. The van der Waals surface area contributed by atoms with Crippen LogP contribution in [0.15, 0.2) is 51.8 Å². The summed E-state index contributed by atoms with van der Waals surface area (Å²) >= 11 is 3.22. The Labute approximate surface area is 158 Å². The number of halogens is 1. The van der Waals surface area contributed by atoms with Crippen LogP contribution >= 0.6 is 15.9 Å². The molecule has 1 amide bonds. The Balaban J connectivity index is 1.65. The van der Waals surface area contributed by atoms with Crippen molar-refractivity contribution in [3.8, 4) is 17.2 Å². The Morgan fingerprint density at radius 3 is 2.65 bits per heavy atom. The van der Waals surface area contributed by atoms with Crippen molar-refractivity contribution in [3.63, 3.8) is 0 Å². The predicted octanol–water partition coefficient (Wildman–Crippen LogP) is 1.61. The van der Waals surface area contributed by atoms with E-state index in [4.69, 9.17) is 14.2 Å². The average Bonchev–Trinajstić information content (AvgIpc) is 2.65. The topological polar surface area (TPSA) is 103 Å². The maximum absolute atomic E-state index is 12.3. The smallest absolute Gasteiger partial charge is 0.279 e. The van der Waals surface area contributed by atoms with Crippen molar-refractivity contribution in [2.24, 2.45) is 0 Å². The number of fused-ring (bicyclic) bond motifs is 1. The highest BCUT2D eigenvalue weighted by Gasteiger charge is 2.28. The molecule has 1 atom stereocenters. The molecule has 1 unspecified atom stereocenters. The summed E-state index contributed by atoms with van der Waals surface area (Å²) in [6, 6.07) is 11.1. The summed E-state index contributed by atoms with van der Waals surface area (Å²) < 4.78 is 41.1. The van der Waals surface area contributed by atoms with E-state index in [0.717, 1.165) is 0 Å². The third-order valence-corrected chi connectivity index (χ3v) is 5.41. The van der Waals surface area contributed by atoms with Crippen molar-refractivity contribution in [1.29, 1.82) is 0 Å². The molecule has 0 spiro atoms. The molecule has 0 saturated carbocycles. The van der Waals surface area contributed by atoms with Gasteiger partial charge >= 0.3 is 0 Å². The van der Waals surface area contributed by atoms with Crippen LogP contribution in [0, 0.1) is 0 Å². The molecule has 138 valence electrons. The predicted molar refractivity (Wildman–Crippen MR) is 95.5 cm³/mol. The van der Waals surface area contributed by atoms with Gasteiger partial charge in [-0.05, 0) is 46.3 Å². The van der Waals surface area contributed by atoms with Crippen LogP contribution in [0.1, 0.15) is 0 Å². The lowest BCUT2D eigenvalue weighted by Gasteiger charge is -2.25. The van der Waals surface area contributed by atoms with Crippen molar-refractivity contribution in [3.05, 3.63) is 46.9 Å². The summed E-state index contributed by atoms with van der Waals surface area (Å²) in [6.45, 7) is -0.0291. The Kier molecular flexibility index (Phi) is 5.35. The first kappa shape index (κ1) is 18.5. The van der Waals surface area contributed by atoms with E-state index in [1.54, 1.807) is 24.3 Å². The summed E-state index contributed by atoms with van der Waals surface area (Å²) in [5, 5.41) is 0. The van der Waals surface area contributed by atoms with Gasteiger partial charge in [-0.2, -0.15) is 0 Å². The molecule has 0 fully saturated rings. The highest BCUT2D eigenvalue weighted by Crippen LogP contribution is 2.31. The normalized spacial score (nSPS) is 16.0. The molecule has 1 heterocycles. The van der Waals surface area contributed by atoms with E-state index in [2.05, 4.69) is 21.4 Å². The van der Waals surface area contributed by atoms with E-state index in [0.29, 0.717) is 21.7 Å². The monoisotopic (exact) mass is 442 g/mol. The fourth-order valence-electron chi connectivity index (χ4n) is 2.22. The summed E-state index contributed by atoms with van der Waals surface area (Å²) in [6.07, 6.45) is -0.977. The SMILES string of the molecule is COc1ccc(S(=O)(=O)NNC(=O)C2COc3ccccc3O2)cc1Br. The van der Waals surface area contributed by atoms with Crippen molar-refractivity contribution >= 4 is 31.9 Å². The van der Waals surface area contributed by atoms with Gasteiger partial charge in [-0.1, -0.05) is 12.1 Å². The van der Waals surface area contributed by atoms with Crippen molar-refractivity contribution in [2.45, 2.75) is 11.0 Å². The number of para-hydroxylation sites is 2. The lowest BCUT2D eigenvalue weighted by atomic mass is 10.2. The van der Waals surface area contributed by atoms with E-state index in [1.807, 2.05) is 4.83 Å². The third kappa shape index (κ3) is 3.92. The fraction of sp³-hybridized carbons (Fsp3) is 0.188. The Morgan fingerprint density at radius 2 is 1.96 bits per heavy atom. The number of carbonyl (C=O) groups excluding carboxylic acids is 1. The molecule has 0 saturated heterocycles. The van der Waals surface area contributed by atoms with Gasteiger partial charge in [0.2, 0.25) is 6.10 Å². The standard InChI is InChI=1S/C16H15BrN2O6S/c1-23-12-7-6-10(8-11(12)17)26(21,22)19-18-16(20)15-9-24-13-4-2-3-5-14(13)25-15/h2-8,15,19H,9H2,1H3,(H,18,20). The molecule has 10 heteroatoms. The summed E-state index contributed by atoms with van der Waals surface area (Å²) in [5.74, 6) is 0.760. The van der Waals surface area contributed by atoms with Gasteiger partial charge in [0.1, 0.15) is 12.4 Å². The molecule has 0 aliphatic carbocycles. The molecular weight excluding hydrogens is 428 g/mol. The molecule has 0 aromatic heterocycles. The lowest BCUT2D eigenvalue weighted by molar-refractivity contribution is -0.130. The van der Waals surface area contributed by atoms with Crippen molar-refractivity contribution < 1.29 is 27.4 Å². The molecular formula is C16H15BrN2O6S. The molecule has 2 N–H and O–H groups in total. The highest BCUT2D eigenvalue weighted by molar-refractivity contribution is 9.10. The van der Waals surface area contributed by atoms with Gasteiger partial charge in [-0.15, -0.1) is 4.83 Å². The first-order valence-corrected chi connectivity index (χ1v) is 9.72. The van der Waals surface area contributed by atoms with Gasteiger partial charge in [0.15, 0.2) is 11.5 Å². The van der Waals surface area contributed by atoms with Gasteiger partial charge in [-0.25, -0.2) is 8.42 Å². The second kappa shape index (κ2) is 7.52. The molecule has 1 aliphatic heterocycles. The number of hydrogen-bond acceptors (Lipinski definition) is 6. The molecule has 0 bridgehead atoms. The second-order valence-electron chi connectivity index (χ2n) is 5.26. The van der Waals surface area contributed by atoms with Gasteiger partial charge in [0, 0.05) is 0 Å². The molecule has 2 aromatic rings. The minimum Gasteiger partial charge on any atom is -0.496 e. The number of hydrazine groups is 1. The summed E-state index contributed by atoms with van der Waals surface area (Å²) in [7, 11) is -2.50. The number of sulfonamides is 1.